The highest BCUT2D eigenvalue weighted by Gasteiger charge is 2.34. The summed E-state index contributed by atoms with van der Waals surface area (Å²) in [5.74, 6) is -0.306. The minimum atomic E-state index is -0.566. The molecule has 1 N–H and O–H groups in total. The fourth-order valence-corrected chi connectivity index (χ4v) is 4.85. The van der Waals surface area contributed by atoms with Gasteiger partial charge in [0.2, 0.25) is 5.91 Å². The summed E-state index contributed by atoms with van der Waals surface area (Å²) in [4.78, 5) is 26.4. The van der Waals surface area contributed by atoms with Gasteiger partial charge in [-0.1, -0.05) is 6.92 Å². The number of nitrogens with zero attached hydrogens (tertiary/aromatic N) is 1. The van der Waals surface area contributed by atoms with Crippen molar-refractivity contribution in [3.05, 3.63) is 19.2 Å². The standard InChI is InChI=1S/C13H16Br2N2O3S/c1-2-3-16-12(18)9-7-20-5-4-17(9)13(19)8-6-10(14)21-11(8)15/h6,9H,2-5,7H2,1H3,(H,16,18). The Morgan fingerprint density at radius 2 is 2.29 bits per heavy atom. The maximum absolute atomic E-state index is 12.7. The first-order chi connectivity index (χ1) is 10.0. The Labute approximate surface area is 144 Å². The molecule has 1 unspecified atom stereocenters. The Morgan fingerprint density at radius 3 is 2.90 bits per heavy atom. The van der Waals surface area contributed by atoms with Gasteiger partial charge in [-0.15, -0.1) is 11.3 Å². The van der Waals surface area contributed by atoms with Crippen LogP contribution in [0.15, 0.2) is 13.6 Å². The molecular weight excluding hydrogens is 424 g/mol. The lowest BCUT2D eigenvalue weighted by Gasteiger charge is -2.34. The second-order valence-electron chi connectivity index (χ2n) is 4.62. The molecule has 1 aliphatic heterocycles. The Bertz CT molecular complexity index is 535. The molecular formula is C13H16Br2N2O3S. The first kappa shape index (κ1) is 16.9. The summed E-state index contributed by atoms with van der Waals surface area (Å²) < 4.78 is 7.00. The van der Waals surface area contributed by atoms with Crippen LogP contribution in [0.2, 0.25) is 0 Å². The van der Waals surface area contributed by atoms with E-state index in [4.69, 9.17) is 4.74 Å². The lowest BCUT2D eigenvalue weighted by molar-refractivity contribution is -0.130. The Kier molecular flexibility index (Phi) is 6.21. The summed E-state index contributed by atoms with van der Waals surface area (Å²) in [5, 5.41) is 2.83. The van der Waals surface area contributed by atoms with Crippen LogP contribution in [-0.4, -0.2) is 49.1 Å². The average Bonchev–Trinajstić information content (AvgIpc) is 2.82. The van der Waals surface area contributed by atoms with Gasteiger partial charge in [-0.2, -0.15) is 0 Å². The van der Waals surface area contributed by atoms with Crippen molar-refractivity contribution in [1.29, 1.82) is 0 Å². The van der Waals surface area contributed by atoms with Gasteiger partial charge < -0.3 is 15.0 Å². The number of thiophene rings is 1. The van der Waals surface area contributed by atoms with Crippen LogP contribution in [0.1, 0.15) is 23.7 Å². The summed E-state index contributed by atoms with van der Waals surface area (Å²) in [6.45, 7) is 3.70. The molecule has 2 rings (SSSR count). The van der Waals surface area contributed by atoms with Crippen molar-refractivity contribution >= 4 is 55.0 Å². The summed E-state index contributed by atoms with van der Waals surface area (Å²) in [5.41, 5.74) is 0.571. The molecule has 0 saturated carbocycles. The molecule has 2 amide bonds. The van der Waals surface area contributed by atoms with Crippen molar-refractivity contribution in [1.82, 2.24) is 10.2 Å². The summed E-state index contributed by atoms with van der Waals surface area (Å²) in [6.07, 6.45) is 0.857. The maximum Gasteiger partial charge on any atom is 0.256 e. The highest BCUT2D eigenvalue weighted by Crippen LogP contribution is 2.33. The number of hydrogen-bond donors (Lipinski definition) is 1. The molecule has 1 saturated heterocycles. The zero-order valence-corrected chi connectivity index (χ0v) is 15.5. The lowest BCUT2D eigenvalue weighted by Crippen LogP contribution is -2.56. The van der Waals surface area contributed by atoms with Crippen molar-refractivity contribution in [2.45, 2.75) is 19.4 Å². The van der Waals surface area contributed by atoms with Crippen LogP contribution in [0.4, 0.5) is 0 Å². The zero-order chi connectivity index (χ0) is 15.4. The predicted molar refractivity (Wildman–Crippen MR) is 88.7 cm³/mol. The molecule has 1 aliphatic rings. The second kappa shape index (κ2) is 7.71. The minimum absolute atomic E-state index is 0.149. The number of carbonyl (C=O) groups excluding carboxylic acids is 2. The molecule has 8 heteroatoms. The molecule has 1 fully saturated rings. The van der Waals surface area contributed by atoms with Gasteiger partial charge in [-0.3, -0.25) is 9.59 Å². The first-order valence-corrected chi connectivity index (χ1v) is 9.06. The molecule has 1 aromatic heterocycles. The van der Waals surface area contributed by atoms with Gasteiger partial charge in [0, 0.05) is 13.1 Å². The third-order valence-electron chi connectivity index (χ3n) is 3.13. The molecule has 0 aromatic carbocycles. The van der Waals surface area contributed by atoms with E-state index in [9.17, 15) is 9.59 Å². The Balaban J connectivity index is 2.16. The number of nitrogens with one attached hydrogen (secondary N) is 1. The van der Waals surface area contributed by atoms with Crippen LogP contribution in [0.5, 0.6) is 0 Å². The zero-order valence-electron chi connectivity index (χ0n) is 11.5. The normalized spacial score (nSPS) is 18.6. The molecule has 1 aromatic rings. The fraction of sp³-hybridized carbons (Fsp3) is 0.538. The van der Waals surface area contributed by atoms with Gasteiger partial charge >= 0.3 is 0 Å². The van der Waals surface area contributed by atoms with E-state index in [0.29, 0.717) is 25.3 Å². The minimum Gasteiger partial charge on any atom is -0.377 e. The Hall–Kier alpha value is -0.440. The number of halogens is 2. The van der Waals surface area contributed by atoms with E-state index < -0.39 is 6.04 Å². The predicted octanol–water partition coefficient (Wildman–Crippen LogP) is 2.64. The van der Waals surface area contributed by atoms with Gasteiger partial charge in [-0.25, -0.2) is 0 Å². The third-order valence-corrected chi connectivity index (χ3v) is 5.47. The fourth-order valence-electron chi connectivity index (χ4n) is 2.07. The first-order valence-electron chi connectivity index (χ1n) is 6.65. The van der Waals surface area contributed by atoms with E-state index in [-0.39, 0.29) is 18.4 Å². The molecule has 5 nitrogen and oxygen atoms in total. The largest absolute Gasteiger partial charge is 0.377 e. The molecule has 0 spiro atoms. The van der Waals surface area contributed by atoms with E-state index in [2.05, 4.69) is 37.2 Å². The molecule has 0 aliphatic carbocycles. The monoisotopic (exact) mass is 438 g/mol. The van der Waals surface area contributed by atoms with E-state index in [1.807, 2.05) is 6.92 Å². The van der Waals surface area contributed by atoms with Crippen LogP contribution in [0.25, 0.3) is 0 Å². The van der Waals surface area contributed by atoms with E-state index >= 15 is 0 Å². The number of carbonyl (C=O) groups is 2. The van der Waals surface area contributed by atoms with Gasteiger partial charge in [0.25, 0.3) is 5.91 Å². The van der Waals surface area contributed by atoms with Gasteiger partial charge in [0.05, 0.1) is 26.4 Å². The van der Waals surface area contributed by atoms with Crippen LogP contribution in [-0.2, 0) is 9.53 Å². The molecule has 1 atom stereocenters. The third kappa shape index (κ3) is 4.06. The molecule has 2 heterocycles. The van der Waals surface area contributed by atoms with Crippen molar-refractivity contribution in [3.8, 4) is 0 Å². The van der Waals surface area contributed by atoms with E-state index in [1.54, 1.807) is 11.0 Å². The van der Waals surface area contributed by atoms with Crippen LogP contribution >= 0.6 is 43.2 Å². The van der Waals surface area contributed by atoms with Crippen molar-refractivity contribution in [3.63, 3.8) is 0 Å². The van der Waals surface area contributed by atoms with Crippen molar-refractivity contribution in [2.24, 2.45) is 0 Å². The summed E-state index contributed by atoms with van der Waals surface area (Å²) in [7, 11) is 0. The topological polar surface area (TPSA) is 58.6 Å². The molecule has 116 valence electrons. The van der Waals surface area contributed by atoms with Crippen LogP contribution in [0.3, 0.4) is 0 Å². The van der Waals surface area contributed by atoms with Gasteiger partial charge in [0.1, 0.15) is 6.04 Å². The molecule has 0 bridgehead atoms. The van der Waals surface area contributed by atoms with E-state index in [0.717, 1.165) is 14.0 Å². The number of amides is 2. The highest BCUT2D eigenvalue weighted by molar-refractivity contribution is 9.12. The highest BCUT2D eigenvalue weighted by atomic mass is 79.9. The van der Waals surface area contributed by atoms with E-state index in [1.165, 1.54) is 11.3 Å². The number of rotatable bonds is 4. The van der Waals surface area contributed by atoms with Crippen LogP contribution < -0.4 is 5.32 Å². The smallest absolute Gasteiger partial charge is 0.256 e. The molecule has 0 radical (unpaired) electrons. The quantitative estimate of drug-likeness (QED) is 0.784. The number of morpholine rings is 1. The maximum atomic E-state index is 12.7. The average molecular weight is 440 g/mol. The summed E-state index contributed by atoms with van der Waals surface area (Å²) >= 11 is 8.20. The van der Waals surface area contributed by atoms with Crippen LogP contribution in [0, 0.1) is 0 Å². The van der Waals surface area contributed by atoms with Crippen molar-refractivity contribution in [2.75, 3.05) is 26.3 Å². The summed E-state index contributed by atoms with van der Waals surface area (Å²) in [6, 6.07) is 1.21. The van der Waals surface area contributed by atoms with Gasteiger partial charge in [0.15, 0.2) is 0 Å². The number of ether oxygens (including phenoxy) is 1. The van der Waals surface area contributed by atoms with Crippen molar-refractivity contribution < 1.29 is 14.3 Å². The molecule has 21 heavy (non-hydrogen) atoms. The Morgan fingerprint density at radius 1 is 1.52 bits per heavy atom. The SMILES string of the molecule is CCCNC(=O)C1COCCN1C(=O)c1cc(Br)sc1Br. The van der Waals surface area contributed by atoms with Gasteiger partial charge in [-0.05, 0) is 44.3 Å². The number of hydrogen-bond acceptors (Lipinski definition) is 4. The second-order valence-corrected chi connectivity index (χ2v) is 8.37. The lowest BCUT2D eigenvalue weighted by atomic mass is 10.1.